The quantitative estimate of drug-likeness (QED) is 0.625. The van der Waals surface area contributed by atoms with Gasteiger partial charge in [0.25, 0.3) is 11.5 Å². The van der Waals surface area contributed by atoms with Crippen molar-refractivity contribution in [3.05, 3.63) is 81.8 Å². The highest BCUT2D eigenvalue weighted by Crippen LogP contribution is 2.26. The lowest BCUT2D eigenvalue weighted by molar-refractivity contribution is -0.114. The summed E-state index contributed by atoms with van der Waals surface area (Å²) >= 11 is 0. The highest BCUT2D eigenvalue weighted by atomic mass is 19.2. The van der Waals surface area contributed by atoms with E-state index in [1.807, 2.05) is 30.3 Å². The zero-order chi connectivity index (χ0) is 21.1. The van der Waals surface area contributed by atoms with E-state index in [0.29, 0.717) is 11.3 Å². The van der Waals surface area contributed by atoms with Gasteiger partial charge in [-0.3, -0.25) is 14.4 Å². The van der Waals surface area contributed by atoms with E-state index in [2.05, 4.69) is 15.6 Å². The number of pyridine rings is 1. The van der Waals surface area contributed by atoms with Gasteiger partial charge in [0.15, 0.2) is 11.6 Å². The fourth-order valence-corrected chi connectivity index (χ4v) is 2.84. The summed E-state index contributed by atoms with van der Waals surface area (Å²) in [5.74, 6) is -3.77. The van der Waals surface area contributed by atoms with Crippen molar-refractivity contribution in [2.75, 3.05) is 10.6 Å². The molecule has 148 valence electrons. The van der Waals surface area contributed by atoms with Crippen molar-refractivity contribution in [1.29, 1.82) is 0 Å². The number of benzene rings is 2. The second-order valence-corrected chi connectivity index (χ2v) is 6.36. The van der Waals surface area contributed by atoms with Crippen molar-refractivity contribution in [3.63, 3.8) is 0 Å². The molecule has 2 aromatic carbocycles. The number of aromatic amines is 1. The Morgan fingerprint density at radius 2 is 1.52 bits per heavy atom. The lowest BCUT2D eigenvalue weighted by Crippen LogP contribution is -2.24. The van der Waals surface area contributed by atoms with E-state index in [1.54, 1.807) is 6.92 Å². The maximum atomic E-state index is 13.7. The second kappa shape index (κ2) is 8.05. The van der Waals surface area contributed by atoms with Gasteiger partial charge in [-0.25, -0.2) is 8.78 Å². The van der Waals surface area contributed by atoms with E-state index in [9.17, 15) is 23.2 Å². The number of rotatable bonds is 4. The molecular weight excluding hydrogens is 380 g/mol. The lowest BCUT2D eigenvalue weighted by Gasteiger charge is -2.13. The van der Waals surface area contributed by atoms with Crippen LogP contribution in [-0.2, 0) is 4.79 Å². The Morgan fingerprint density at radius 1 is 0.931 bits per heavy atom. The molecule has 0 atom stereocenters. The summed E-state index contributed by atoms with van der Waals surface area (Å²) in [5, 5.41) is 4.67. The summed E-state index contributed by atoms with van der Waals surface area (Å²) < 4.78 is 27.2. The molecule has 0 bridgehead atoms. The SMILES string of the molecule is CC(=O)Nc1cc(F)c(F)cc1NC(=O)c1cc(-c2ccccc2)c(C)[nH]c1=O. The molecule has 8 heteroatoms. The Morgan fingerprint density at radius 3 is 2.10 bits per heavy atom. The van der Waals surface area contributed by atoms with Gasteiger partial charge in [0, 0.05) is 30.3 Å². The van der Waals surface area contributed by atoms with Crippen LogP contribution in [0.1, 0.15) is 23.0 Å². The van der Waals surface area contributed by atoms with Gasteiger partial charge >= 0.3 is 0 Å². The van der Waals surface area contributed by atoms with Crippen LogP contribution < -0.4 is 16.2 Å². The predicted octanol–water partition coefficient (Wildman–Crippen LogP) is 3.84. The van der Waals surface area contributed by atoms with Gasteiger partial charge in [0.1, 0.15) is 5.56 Å². The monoisotopic (exact) mass is 397 g/mol. The van der Waals surface area contributed by atoms with Crippen molar-refractivity contribution in [1.82, 2.24) is 4.98 Å². The van der Waals surface area contributed by atoms with Crippen LogP contribution in [0, 0.1) is 18.6 Å². The zero-order valence-corrected chi connectivity index (χ0v) is 15.6. The molecule has 0 radical (unpaired) electrons. The van der Waals surface area contributed by atoms with Gasteiger partial charge in [-0.1, -0.05) is 30.3 Å². The molecule has 0 saturated heterocycles. The smallest absolute Gasteiger partial charge is 0.261 e. The average Bonchev–Trinajstić information content (AvgIpc) is 2.66. The first-order chi connectivity index (χ1) is 13.8. The third-order valence-corrected chi connectivity index (χ3v) is 4.19. The molecule has 1 heterocycles. The number of nitrogens with one attached hydrogen (secondary N) is 3. The number of aryl methyl sites for hydroxylation is 1. The first-order valence-corrected chi connectivity index (χ1v) is 8.63. The molecule has 0 aliphatic heterocycles. The first kappa shape index (κ1) is 19.9. The molecule has 3 N–H and O–H groups in total. The Balaban J connectivity index is 2.01. The van der Waals surface area contributed by atoms with E-state index >= 15 is 0 Å². The van der Waals surface area contributed by atoms with Gasteiger partial charge in [0.05, 0.1) is 11.4 Å². The van der Waals surface area contributed by atoms with Gasteiger partial charge in [-0.15, -0.1) is 0 Å². The van der Waals surface area contributed by atoms with Crippen LogP contribution in [0.3, 0.4) is 0 Å². The Hall–Kier alpha value is -3.81. The summed E-state index contributed by atoms with van der Waals surface area (Å²) in [6.07, 6.45) is 0. The number of carbonyl (C=O) groups excluding carboxylic acids is 2. The van der Waals surface area contributed by atoms with Crippen molar-refractivity contribution in [2.24, 2.45) is 0 Å². The lowest BCUT2D eigenvalue weighted by atomic mass is 10.0. The normalized spacial score (nSPS) is 10.5. The topological polar surface area (TPSA) is 91.1 Å². The molecule has 6 nitrogen and oxygen atoms in total. The number of hydrogen-bond donors (Lipinski definition) is 3. The molecular formula is C21H17F2N3O3. The Labute approximate surface area is 164 Å². The number of H-pyrrole nitrogens is 1. The third kappa shape index (κ3) is 4.37. The summed E-state index contributed by atoms with van der Waals surface area (Å²) in [7, 11) is 0. The molecule has 29 heavy (non-hydrogen) atoms. The minimum Gasteiger partial charge on any atom is -0.325 e. The molecule has 0 spiro atoms. The molecule has 3 rings (SSSR count). The van der Waals surface area contributed by atoms with Gasteiger partial charge in [-0.05, 0) is 18.6 Å². The molecule has 0 aliphatic carbocycles. The maximum absolute atomic E-state index is 13.7. The van der Waals surface area contributed by atoms with Crippen molar-refractivity contribution < 1.29 is 18.4 Å². The van der Waals surface area contributed by atoms with Crippen LogP contribution in [-0.4, -0.2) is 16.8 Å². The Bertz CT molecular complexity index is 1160. The first-order valence-electron chi connectivity index (χ1n) is 8.63. The van der Waals surface area contributed by atoms with Gasteiger partial charge in [-0.2, -0.15) is 0 Å². The molecule has 1 aromatic heterocycles. The van der Waals surface area contributed by atoms with Crippen molar-refractivity contribution >= 4 is 23.2 Å². The van der Waals surface area contributed by atoms with Crippen LogP contribution in [0.4, 0.5) is 20.2 Å². The number of halogens is 2. The number of anilines is 2. The molecule has 0 saturated carbocycles. The minimum absolute atomic E-state index is 0.128. The number of hydrogen-bond acceptors (Lipinski definition) is 3. The van der Waals surface area contributed by atoms with E-state index in [4.69, 9.17) is 0 Å². The summed E-state index contributed by atoms with van der Waals surface area (Å²) in [5.41, 5.74) is 0.854. The largest absolute Gasteiger partial charge is 0.325 e. The van der Waals surface area contributed by atoms with Crippen LogP contribution in [0.15, 0.2) is 53.3 Å². The molecule has 2 amide bonds. The van der Waals surface area contributed by atoms with Crippen LogP contribution in [0.25, 0.3) is 11.1 Å². The minimum atomic E-state index is -1.21. The fourth-order valence-electron chi connectivity index (χ4n) is 2.84. The second-order valence-electron chi connectivity index (χ2n) is 6.36. The highest BCUT2D eigenvalue weighted by molar-refractivity contribution is 6.07. The van der Waals surface area contributed by atoms with Gasteiger partial charge < -0.3 is 15.6 Å². The summed E-state index contributed by atoms with van der Waals surface area (Å²) in [6, 6.07) is 12.0. The van der Waals surface area contributed by atoms with E-state index < -0.39 is 29.0 Å². The fraction of sp³-hybridized carbons (Fsp3) is 0.0952. The number of carbonyl (C=O) groups is 2. The molecule has 0 fully saturated rings. The molecule has 0 unspecified atom stereocenters. The van der Waals surface area contributed by atoms with Crippen molar-refractivity contribution in [3.8, 4) is 11.1 Å². The van der Waals surface area contributed by atoms with E-state index in [1.165, 1.54) is 13.0 Å². The zero-order valence-electron chi connectivity index (χ0n) is 15.6. The van der Waals surface area contributed by atoms with E-state index in [-0.39, 0.29) is 16.9 Å². The van der Waals surface area contributed by atoms with E-state index in [0.717, 1.165) is 17.7 Å². The molecule has 0 aliphatic rings. The van der Waals surface area contributed by atoms with Crippen LogP contribution in [0.5, 0.6) is 0 Å². The molecule has 3 aromatic rings. The van der Waals surface area contributed by atoms with Gasteiger partial charge in [0.2, 0.25) is 5.91 Å². The number of amides is 2. The maximum Gasteiger partial charge on any atom is 0.261 e. The van der Waals surface area contributed by atoms with Crippen LogP contribution in [0.2, 0.25) is 0 Å². The Kier molecular flexibility index (Phi) is 5.54. The third-order valence-electron chi connectivity index (χ3n) is 4.19. The standard InChI is InChI=1S/C21H17F2N3O3/c1-11-14(13-6-4-3-5-7-13)8-15(20(28)24-11)21(29)26-19-10-17(23)16(22)9-18(19)25-12(2)27/h3-10H,1-2H3,(H,24,28)(H,25,27)(H,26,29). The van der Waals surface area contributed by atoms with Crippen LogP contribution >= 0.6 is 0 Å². The number of aromatic nitrogens is 1. The highest BCUT2D eigenvalue weighted by Gasteiger charge is 2.18. The summed E-state index contributed by atoms with van der Waals surface area (Å²) in [6.45, 7) is 2.89. The summed E-state index contributed by atoms with van der Waals surface area (Å²) in [4.78, 5) is 39.0. The predicted molar refractivity (Wildman–Crippen MR) is 106 cm³/mol. The average molecular weight is 397 g/mol. The van der Waals surface area contributed by atoms with Crippen molar-refractivity contribution in [2.45, 2.75) is 13.8 Å².